The first kappa shape index (κ1) is 13.1. The van der Waals surface area contributed by atoms with Crippen molar-refractivity contribution in [3.05, 3.63) is 29.8 Å². The second-order valence-electron chi connectivity index (χ2n) is 5.54. The molecule has 18 heavy (non-hydrogen) atoms. The Hall–Kier alpha value is -1.33. The molecule has 0 saturated carbocycles. The van der Waals surface area contributed by atoms with Gasteiger partial charge in [-0.25, -0.2) is 0 Å². The van der Waals surface area contributed by atoms with E-state index in [1.54, 1.807) is 24.3 Å². The van der Waals surface area contributed by atoms with E-state index in [-0.39, 0.29) is 11.2 Å². The minimum Gasteiger partial charge on any atom is -0.859 e. The molecule has 1 fully saturated rings. The van der Waals surface area contributed by atoms with Gasteiger partial charge in [-0.2, -0.15) is 0 Å². The lowest BCUT2D eigenvalue weighted by atomic mass is 9.79. The maximum Gasteiger partial charge on any atom is 0.494 e. The molecule has 0 unspecified atom stereocenters. The number of rotatable bonds is 2. The van der Waals surface area contributed by atoms with Crippen LogP contribution in [0.15, 0.2) is 24.3 Å². The number of hydrogen-bond acceptors (Lipinski definition) is 4. The van der Waals surface area contributed by atoms with E-state index in [0.29, 0.717) is 5.56 Å². The minimum absolute atomic E-state index is 0.371. The van der Waals surface area contributed by atoms with E-state index in [2.05, 4.69) is 0 Å². The Kier molecular flexibility index (Phi) is 2.99. The Morgan fingerprint density at radius 2 is 1.50 bits per heavy atom. The lowest BCUT2D eigenvalue weighted by Crippen LogP contribution is -2.41. The summed E-state index contributed by atoms with van der Waals surface area (Å²) in [6.45, 7) is 7.98. The Bertz CT molecular complexity index is 452. The third-order valence-electron chi connectivity index (χ3n) is 3.70. The van der Waals surface area contributed by atoms with Crippen LogP contribution in [0.2, 0.25) is 0 Å². The molecule has 5 heteroatoms. The van der Waals surface area contributed by atoms with E-state index in [9.17, 15) is 5.11 Å². The SMILES string of the molecule is CC1(C)OB(c2ccc(C(=N)[O-])cc2)OC1(C)C. The summed E-state index contributed by atoms with van der Waals surface area (Å²) in [5.41, 5.74) is 0.484. The van der Waals surface area contributed by atoms with Gasteiger partial charge in [-0.05, 0) is 44.6 Å². The molecular weight excluding hydrogens is 229 g/mol. The van der Waals surface area contributed by atoms with E-state index in [0.717, 1.165) is 5.46 Å². The van der Waals surface area contributed by atoms with E-state index in [1.807, 2.05) is 27.7 Å². The first-order valence-corrected chi connectivity index (χ1v) is 5.94. The molecule has 0 bridgehead atoms. The number of hydrogen-bond donors (Lipinski definition) is 1. The Balaban J connectivity index is 2.22. The van der Waals surface area contributed by atoms with E-state index in [4.69, 9.17) is 14.7 Å². The zero-order valence-corrected chi connectivity index (χ0v) is 11.1. The van der Waals surface area contributed by atoms with E-state index >= 15 is 0 Å². The first-order valence-electron chi connectivity index (χ1n) is 5.94. The van der Waals surface area contributed by atoms with Gasteiger partial charge >= 0.3 is 7.12 Å². The molecule has 4 nitrogen and oxygen atoms in total. The van der Waals surface area contributed by atoms with Gasteiger partial charge in [-0.3, -0.25) is 0 Å². The smallest absolute Gasteiger partial charge is 0.494 e. The summed E-state index contributed by atoms with van der Waals surface area (Å²) < 4.78 is 11.8. The van der Waals surface area contributed by atoms with Gasteiger partial charge in [0.25, 0.3) is 0 Å². The topological polar surface area (TPSA) is 65.4 Å². The third kappa shape index (κ3) is 2.16. The van der Waals surface area contributed by atoms with Crippen molar-refractivity contribution >= 4 is 18.5 Å². The molecule has 1 saturated heterocycles. The molecule has 1 aromatic carbocycles. The molecule has 0 aromatic heterocycles. The summed E-state index contributed by atoms with van der Waals surface area (Å²) in [5, 5.41) is 17.9. The lowest BCUT2D eigenvalue weighted by molar-refractivity contribution is -0.214. The Labute approximate surface area is 108 Å². The van der Waals surface area contributed by atoms with Crippen LogP contribution in [0.4, 0.5) is 0 Å². The lowest BCUT2D eigenvalue weighted by Gasteiger charge is -2.32. The predicted molar refractivity (Wildman–Crippen MR) is 69.0 cm³/mol. The van der Waals surface area contributed by atoms with Crippen molar-refractivity contribution in [2.45, 2.75) is 38.9 Å². The maximum absolute atomic E-state index is 10.9. The summed E-state index contributed by atoms with van der Waals surface area (Å²) in [5.74, 6) is -0.685. The molecule has 0 aliphatic carbocycles. The average molecular weight is 246 g/mol. The van der Waals surface area contributed by atoms with Gasteiger partial charge in [-0.15, -0.1) is 0 Å². The summed E-state index contributed by atoms with van der Waals surface area (Å²) in [4.78, 5) is 0. The van der Waals surface area contributed by atoms with Crippen LogP contribution >= 0.6 is 0 Å². The molecule has 1 N–H and O–H groups in total. The van der Waals surface area contributed by atoms with Crippen molar-refractivity contribution in [2.75, 3.05) is 0 Å². The monoisotopic (exact) mass is 246 g/mol. The molecule has 0 amide bonds. The molecule has 1 aromatic rings. The highest BCUT2D eigenvalue weighted by Gasteiger charge is 2.51. The molecule has 1 aliphatic rings. The maximum atomic E-state index is 10.9. The second-order valence-corrected chi connectivity index (χ2v) is 5.54. The van der Waals surface area contributed by atoms with Crippen LogP contribution < -0.4 is 10.6 Å². The second kappa shape index (κ2) is 4.11. The molecule has 1 heterocycles. The molecule has 96 valence electrons. The molecular formula is C13H17BNO3-. The van der Waals surface area contributed by atoms with E-state index < -0.39 is 13.0 Å². The quantitative estimate of drug-likeness (QED) is 0.474. The zero-order chi connectivity index (χ0) is 13.6. The van der Waals surface area contributed by atoms with Gasteiger partial charge in [-0.1, -0.05) is 24.3 Å². The fourth-order valence-electron chi connectivity index (χ4n) is 1.77. The van der Waals surface area contributed by atoms with Gasteiger partial charge in [0.1, 0.15) is 0 Å². The molecule has 0 spiro atoms. The van der Waals surface area contributed by atoms with Gasteiger partial charge in [0.05, 0.1) is 11.2 Å². The van der Waals surface area contributed by atoms with E-state index in [1.165, 1.54) is 0 Å². The third-order valence-corrected chi connectivity index (χ3v) is 3.70. The zero-order valence-electron chi connectivity index (χ0n) is 11.1. The Morgan fingerprint density at radius 1 is 1.06 bits per heavy atom. The number of benzene rings is 1. The summed E-state index contributed by atoms with van der Waals surface area (Å²) in [7, 11) is -0.426. The van der Waals surface area contributed by atoms with Gasteiger partial charge in [0, 0.05) is 0 Å². The normalized spacial score (nSPS) is 21.0. The van der Waals surface area contributed by atoms with Crippen molar-refractivity contribution in [1.82, 2.24) is 0 Å². The van der Waals surface area contributed by atoms with Crippen LogP contribution in [0.3, 0.4) is 0 Å². The van der Waals surface area contributed by atoms with Crippen LogP contribution in [0.1, 0.15) is 33.3 Å². The van der Waals surface area contributed by atoms with Gasteiger partial charge in [0.2, 0.25) is 0 Å². The molecule has 2 rings (SSSR count). The highest BCUT2D eigenvalue weighted by Crippen LogP contribution is 2.36. The Morgan fingerprint density at radius 3 is 1.89 bits per heavy atom. The first-order chi connectivity index (χ1) is 8.23. The standard InChI is InChI=1S/C13H18BNO3/c1-12(2)13(3,4)18-14(17-12)10-7-5-9(6-8-10)11(15)16/h5-8H,1-4H3,(H2,15,16)/p-1. The van der Waals surface area contributed by atoms with Crippen LogP contribution in [-0.2, 0) is 9.31 Å². The summed E-state index contributed by atoms with van der Waals surface area (Å²) >= 11 is 0. The predicted octanol–water partition coefficient (Wildman–Crippen LogP) is 0.671. The van der Waals surface area contributed by atoms with Crippen molar-refractivity contribution in [3.63, 3.8) is 0 Å². The van der Waals surface area contributed by atoms with Crippen molar-refractivity contribution in [3.8, 4) is 0 Å². The average Bonchev–Trinajstić information content (AvgIpc) is 2.48. The fraction of sp³-hybridized carbons (Fsp3) is 0.462. The van der Waals surface area contributed by atoms with Crippen molar-refractivity contribution < 1.29 is 14.4 Å². The van der Waals surface area contributed by atoms with Gasteiger partial charge < -0.3 is 19.8 Å². The summed E-state index contributed by atoms with van der Waals surface area (Å²) in [6.07, 6.45) is 0. The summed E-state index contributed by atoms with van der Waals surface area (Å²) in [6, 6.07) is 6.78. The van der Waals surface area contributed by atoms with Crippen molar-refractivity contribution in [2.24, 2.45) is 0 Å². The van der Waals surface area contributed by atoms with Crippen LogP contribution in [-0.4, -0.2) is 24.2 Å². The number of nitrogens with one attached hydrogen (secondary N) is 1. The molecule has 0 radical (unpaired) electrons. The van der Waals surface area contributed by atoms with Crippen LogP contribution in [0, 0.1) is 5.41 Å². The highest BCUT2D eigenvalue weighted by molar-refractivity contribution is 6.62. The minimum atomic E-state index is -0.685. The molecule has 1 aliphatic heterocycles. The van der Waals surface area contributed by atoms with Crippen molar-refractivity contribution in [1.29, 1.82) is 5.41 Å². The van der Waals surface area contributed by atoms with Gasteiger partial charge in [0.15, 0.2) is 0 Å². The fourth-order valence-corrected chi connectivity index (χ4v) is 1.77. The molecule has 0 atom stereocenters. The largest absolute Gasteiger partial charge is 0.859 e. The van der Waals surface area contributed by atoms with Crippen LogP contribution in [0.25, 0.3) is 0 Å². The van der Waals surface area contributed by atoms with Crippen LogP contribution in [0.5, 0.6) is 0 Å². The highest BCUT2D eigenvalue weighted by atomic mass is 16.7.